The van der Waals surface area contributed by atoms with Gasteiger partial charge >= 0.3 is 0 Å². The maximum atomic E-state index is 13.6. The Morgan fingerprint density at radius 1 is 0.449 bits per heavy atom. The van der Waals surface area contributed by atoms with Gasteiger partial charge < -0.3 is 110 Å². The molecule has 13 N–H and O–H groups in total. The summed E-state index contributed by atoms with van der Waals surface area (Å²) >= 11 is 0. The number of carbonyl (C=O) groups excluding carboxylic acids is 5. The first-order chi connectivity index (χ1) is 37.2. The number of ether oxygens (including phenoxy) is 9. The molecule has 3 aliphatic rings. The number of rotatable bonds is 39. The number of aliphatic hydroxyl groups is 9. The van der Waals surface area contributed by atoms with Crippen LogP contribution in [0.25, 0.3) is 0 Å². The molecule has 0 aliphatic carbocycles. The van der Waals surface area contributed by atoms with Crippen molar-refractivity contribution in [2.45, 2.75) is 172 Å². The monoisotopic (exact) mass is 1130 g/mol. The molecular formula is C51H92N4O23. The summed E-state index contributed by atoms with van der Waals surface area (Å²) in [7, 11) is 0. The molecule has 4 amide bonds. The van der Waals surface area contributed by atoms with Crippen LogP contribution in [0.3, 0.4) is 0 Å². The standard InChI is InChI=1S/C51H92N4O23/c1-30(2)34(59)10-6-11-41(63)55-51(27-70-21-12-38(60)52-15-7-18-73-48-31(3)42(64)45(67)35(24-56)76-48,28-71-22-13-39(61)53-16-8-19-74-49-32(4)43(65)46(68)36(25-57)77-49)29-72-23-14-40(62)54-17-9-20-75-50-33(5)44(66)47(69)37(26-58)78-50/h30-33,35-37,42-50,56-58,64-69H,6-29H2,1-5H3,(H,52,60)(H,53,61)(H,54,62)(H,55,63)/t31?,32?,33?,35?,36?,37?,42-,43-,44-,45+,46+,47+,48-,49-,50-,51?/m1/s1. The van der Waals surface area contributed by atoms with Crippen molar-refractivity contribution in [2.75, 3.05) is 98.9 Å². The quantitative estimate of drug-likeness (QED) is 0.0263. The van der Waals surface area contributed by atoms with Crippen molar-refractivity contribution in [2.24, 2.45) is 23.7 Å². The van der Waals surface area contributed by atoms with Gasteiger partial charge in [0.25, 0.3) is 0 Å². The van der Waals surface area contributed by atoms with E-state index in [1.165, 1.54) is 0 Å². The molecule has 0 aromatic rings. The highest BCUT2D eigenvalue weighted by Gasteiger charge is 2.45. The van der Waals surface area contributed by atoms with E-state index in [2.05, 4.69) is 21.3 Å². The van der Waals surface area contributed by atoms with Crippen molar-refractivity contribution in [1.82, 2.24) is 21.3 Å². The summed E-state index contributed by atoms with van der Waals surface area (Å²) in [6, 6.07) is 0. The predicted octanol–water partition coefficient (Wildman–Crippen LogP) is -3.75. The zero-order chi connectivity index (χ0) is 57.8. The zero-order valence-electron chi connectivity index (χ0n) is 45.9. The second kappa shape index (κ2) is 37.0. The first-order valence-electron chi connectivity index (χ1n) is 27.3. The highest BCUT2D eigenvalue weighted by Crippen LogP contribution is 2.29. The van der Waals surface area contributed by atoms with Gasteiger partial charge in [-0.1, -0.05) is 34.6 Å². The molecule has 0 aromatic heterocycles. The van der Waals surface area contributed by atoms with Crippen molar-refractivity contribution in [3.8, 4) is 0 Å². The van der Waals surface area contributed by atoms with Gasteiger partial charge in [0.15, 0.2) is 18.9 Å². The Labute approximate surface area is 456 Å². The summed E-state index contributed by atoms with van der Waals surface area (Å²) in [5, 5.41) is 101. The van der Waals surface area contributed by atoms with Gasteiger partial charge in [-0.25, -0.2) is 0 Å². The average Bonchev–Trinajstić information content (AvgIpc) is 3.43. The minimum Gasteiger partial charge on any atom is -0.394 e. The van der Waals surface area contributed by atoms with E-state index in [-0.39, 0.29) is 147 Å². The van der Waals surface area contributed by atoms with E-state index in [0.717, 1.165) is 0 Å². The van der Waals surface area contributed by atoms with E-state index in [1.807, 2.05) is 0 Å². The molecule has 3 heterocycles. The molecule has 0 bridgehead atoms. The number of carbonyl (C=O) groups is 5. The molecule has 27 nitrogen and oxygen atoms in total. The lowest BCUT2D eigenvalue weighted by Gasteiger charge is -2.40. The smallest absolute Gasteiger partial charge is 0.222 e. The summed E-state index contributed by atoms with van der Waals surface area (Å²) in [6.45, 7) is 6.96. The molecule has 0 radical (unpaired) electrons. The van der Waals surface area contributed by atoms with Crippen LogP contribution in [0.4, 0.5) is 0 Å². The third-order valence-electron chi connectivity index (χ3n) is 13.8. The number of amides is 4. The fraction of sp³-hybridized carbons (Fsp3) is 0.902. The minimum absolute atomic E-state index is 0.00900. The second-order valence-corrected chi connectivity index (χ2v) is 20.6. The van der Waals surface area contributed by atoms with Crippen LogP contribution in [0.1, 0.15) is 92.4 Å². The van der Waals surface area contributed by atoms with Crippen LogP contribution in [-0.4, -0.2) is 254 Å². The topological polar surface area (TPSA) is 399 Å². The van der Waals surface area contributed by atoms with Crippen LogP contribution in [0.5, 0.6) is 0 Å². The molecule has 78 heavy (non-hydrogen) atoms. The van der Waals surface area contributed by atoms with Gasteiger partial charge in [-0.2, -0.15) is 0 Å². The number of aliphatic hydroxyl groups excluding tert-OH is 9. The third kappa shape index (κ3) is 23.7. The van der Waals surface area contributed by atoms with Crippen LogP contribution >= 0.6 is 0 Å². The first kappa shape index (κ1) is 69.1. The van der Waals surface area contributed by atoms with Crippen LogP contribution in [0, 0.1) is 23.7 Å². The van der Waals surface area contributed by atoms with Crippen molar-refractivity contribution < 1.29 is 113 Å². The molecule has 0 aromatic carbocycles. The maximum absolute atomic E-state index is 13.6. The van der Waals surface area contributed by atoms with E-state index in [0.29, 0.717) is 19.3 Å². The molecule has 3 rings (SSSR count). The van der Waals surface area contributed by atoms with Crippen LogP contribution in [-0.2, 0) is 66.6 Å². The highest BCUT2D eigenvalue weighted by molar-refractivity contribution is 5.82. The van der Waals surface area contributed by atoms with E-state index in [4.69, 9.17) is 42.6 Å². The van der Waals surface area contributed by atoms with E-state index in [9.17, 15) is 69.9 Å². The number of Topliss-reactive ketones (excluding diaryl/α,β-unsaturated/α-hetero) is 1. The lowest BCUT2D eigenvalue weighted by Crippen LogP contribution is -2.58. The summed E-state index contributed by atoms with van der Waals surface area (Å²) in [5.74, 6) is -3.48. The average molecular weight is 1130 g/mol. The first-order valence-corrected chi connectivity index (χ1v) is 27.3. The van der Waals surface area contributed by atoms with E-state index >= 15 is 0 Å². The summed E-state index contributed by atoms with van der Waals surface area (Å²) < 4.78 is 51.8. The van der Waals surface area contributed by atoms with Crippen LogP contribution < -0.4 is 21.3 Å². The second-order valence-electron chi connectivity index (χ2n) is 20.6. The molecular weight excluding hydrogens is 1040 g/mol. The Hall–Kier alpha value is -3.17. The summed E-state index contributed by atoms with van der Waals surface area (Å²) in [6.07, 6.45) is -11.7. The number of hydrogen-bond donors (Lipinski definition) is 13. The molecule has 3 saturated heterocycles. The minimum atomic E-state index is -1.42. The fourth-order valence-corrected chi connectivity index (χ4v) is 8.60. The van der Waals surface area contributed by atoms with Gasteiger partial charge in [0.2, 0.25) is 23.6 Å². The molecule has 0 spiro atoms. The SMILES string of the molecule is CC(C)C(=O)CCCC(=O)NC(COCCC(=O)NCCCO[C@@H]1OC(CO)[C@H](O)[C@H](O)C1C)(COCCC(=O)NCCCO[C@@H]1OC(CO)[C@H](O)[C@H](O)C1C)COCCC(=O)NCCCO[C@@H]1OC(CO)[C@H](O)[C@H](O)C1C. The Kier molecular flexibility index (Phi) is 32.8. The van der Waals surface area contributed by atoms with Crippen molar-refractivity contribution >= 4 is 29.4 Å². The molecule has 3 aliphatic heterocycles. The number of hydrogen-bond acceptors (Lipinski definition) is 23. The molecule has 6 unspecified atom stereocenters. The summed E-state index contributed by atoms with van der Waals surface area (Å²) in [5.41, 5.74) is -1.42. The zero-order valence-corrected chi connectivity index (χ0v) is 45.9. The lowest BCUT2D eigenvalue weighted by atomic mass is 9.92. The van der Waals surface area contributed by atoms with Gasteiger partial charge in [-0.3, -0.25) is 24.0 Å². The van der Waals surface area contributed by atoms with Crippen LogP contribution in [0.15, 0.2) is 0 Å². The Balaban J connectivity index is 1.57. The van der Waals surface area contributed by atoms with E-state index < -0.39 is 123 Å². The summed E-state index contributed by atoms with van der Waals surface area (Å²) in [4.78, 5) is 64.4. The number of ketones is 1. The highest BCUT2D eigenvalue weighted by atomic mass is 16.7. The normalized spacial score (nSPS) is 30.1. The van der Waals surface area contributed by atoms with Gasteiger partial charge in [0, 0.05) is 75.4 Å². The van der Waals surface area contributed by atoms with Crippen molar-refractivity contribution in [3.63, 3.8) is 0 Å². The van der Waals surface area contributed by atoms with Gasteiger partial charge in [0.1, 0.15) is 47.9 Å². The number of nitrogens with one attached hydrogen (secondary N) is 4. The Morgan fingerprint density at radius 2 is 0.769 bits per heavy atom. The van der Waals surface area contributed by atoms with Gasteiger partial charge in [-0.05, 0) is 25.7 Å². The Morgan fingerprint density at radius 3 is 1.06 bits per heavy atom. The molecule has 0 saturated carbocycles. The van der Waals surface area contributed by atoms with Crippen molar-refractivity contribution in [1.29, 1.82) is 0 Å². The largest absolute Gasteiger partial charge is 0.394 e. The molecule has 3 fully saturated rings. The van der Waals surface area contributed by atoms with Gasteiger partial charge in [0.05, 0.1) is 97.6 Å². The van der Waals surface area contributed by atoms with Gasteiger partial charge in [-0.15, -0.1) is 0 Å². The Bertz CT molecular complexity index is 1570. The van der Waals surface area contributed by atoms with E-state index in [1.54, 1.807) is 34.6 Å². The molecule has 27 heteroatoms. The van der Waals surface area contributed by atoms with Crippen LogP contribution in [0.2, 0.25) is 0 Å². The maximum Gasteiger partial charge on any atom is 0.222 e. The lowest BCUT2D eigenvalue weighted by molar-refractivity contribution is -0.282. The fourth-order valence-electron chi connectivity index (χ4n) is 8.60. The molecule has 454 valence electrons. The predicted molar refractivity (Wildman–Crippen MR) is 272 cm³/mol. The molecule has 15 atom stereocenters. The third-order valence-corrected chi connectivity index (χ3v) is 13.8. The van der Waals surface area contributed by atoms with Crippen molar-refractivity contribution in [3.05, 3.63) is 0 Å².